The molecular formula is C27H21BrN2O8S. The van der Waals surface area contributed by atoms with Crippen LogP contribution in [0.15, 0.2) is 70.0 Å². The first-order valence-corrected chi connectivity index (χ1v) is 13.1. The smallest absolute Gasteiger partial charge is 0.343 e. The molecule has 0 N–H and O–H groups in total. The number of nitrogens with zero attached hydrogens (tertiary/aromatic N) is 2. The summed E-state index contributed by atoms with van der Waals surface area (Å²) in [5, 5.41) is 10.4. The number of imide groups is 1. The second-order valence-corrected chi connectivity index (χ2v) is 9.92. The maximum absolute atomic E-state index is 13.0. The lowest BCUT2D eigenvalue weighted by atomic mass is 10.1. The van der Waals surface area contributed by atoms with Crippen molar-refractivity contribution in [2.75, 3.05) is 13.7 Å². The number of benzene rings is 3. The van der Waals surface area contributed by atoms with Gasteiger partial charge in [-0.1, -0.05) is 12.1 Å². The van der Waals surface area contributed by atoms with Crippen molar-refractivity contribution in [1.29, 1.82) is 0 Å². The Bertz CT molecular complexity index is 1470. The van der Waals surface area contributed by atoms with Crippen LogP contribution in [0.2, 0.25) is 0 Å². The highest BCUT2D eigenvalue weighted by Gasteiger charge is 2.35. The molecule has 0 atom stereocenters. The molecule has 0 saturated carbocycles. The van der Waals surface area contributed by atoms with Crippen molar-refractivity contribution in [3.63, 3.8) is 0 Å². The Kier molecular flexibility index (Phi) is 8.67. The van der Waals surface area contributed by atoms with Crippen molar-refractivity contribution in [3.8, 4) is 17.2 Å². The van der Waals surface area contributed by atoms with Crippen molar-refractivity contribution >= 4 is 56.6 Å². The second-order valence-electron chi connectivity index (χ2n) is 8.07. The Labute approximate surface area is 235 Å². The van der Waals surface area contributed by atoms with E-state index in [0.29, 0.717) is 26.9 Å². The van der Waals surface area contributed by atoms with Crippen LogP contribution in [0.1, 0.15) is 28.4 Å². The largest absolute Gasteiger partial charge is 0.497 e. The van der Waals surface area contributed by atoms with Gasteiger partial charge in [0.1, 0.15) is 5.75 Å². The number of hydrogen-bond acceptors (Lipinski definition) is 9. The van der Waals surface area contributed by atoms with Crippen LogP contribution in [-0.2, 0) is 11.3 Å². The highest BCUT2D eigenvalue weighted by molar-refractivity contribution is 9.10. The summed E-state index contributed by atoms with van der Waals surface area (Å²) in [5.41, 5.74) is 1.35. The van der Waals surface area contributed by atoms with E-state index in [0.717, 1.165) is 16.7 Å². The summed E-state index contributed by atoms with van der Waals surface area (Å²) >= 11 is 4.20. The third kappa shape index (κ3) is 6.47. The summed E-state index contributed by atoms with van der Waals surface area (Å²) in [7, 11) is 1.53. The molecule has 0 radical (unpaired) electrons. The maximum Gasteiger partial charge on any atom is 0.343 e. The Morgan fingerprint density at radius 2 is 1.79 bits per heavy atom. The van der Waals surface area contributed by atoms with Gasteiger partial charge in [0, 0.05) is 12.1 Å². The molecule has 0 spiro atoms. The second kappa shape index (κ2) is 12.1. The normalized spacial score (nSPS) is 14.0. The zero-order valence-electron chi connectivity index (χ0n) is 20.7. The number of amides is 2. The number of thioether (sulfide) groups is 1. The van der Waals surface area contributed by atoms with Crippen LogP contribution in [0.5, 0.6) is 17.2 Å². The van der Waals surface area contributed by atoms with E-state index in [1.807, 2.05) is 0 Å². The van der Waals surface area contributed by atoms with Gasteiger partial charge < -0.3 is 14.2 Å². The molecule has 39 heavy (non-hydrogen) atoms. The summed E-state index contributed by atoms with van der Waals surface area (Å²) in [5.74, 6) is -0.0534. The molecule has 0 aliphatic carbocycles. The fraction of sp³-hybridized carbons (Fsp3) is 0.148. The van der Waals surface area contributed by atoms with Crippen LogP contribution in [-0.4, -0.2) is 40.7 Å². The Balaban J connectivity index is 1.55. The van der Waals surface area contributed by atoms with Gasteiger partial charge >= 0.3 is 5.97 Å². The average Bonchev–Trinajstić information content (AvgIpc) is 3.18. The van der Waals surface area contributed by atoms with Gasteiger partial charge in [-0.3, -0.25) is 24.6 Å². The van der Waals surface area contributed by atoms with Gasteiger partial charge in [-0.2, -0.15) is 0 Å². The molecule has 12 heteroatoms. The van der Waals surface area contributed by atoms with E-state index in [1.165, 1.54) is 31.4 Å². The molecule has 3 aromatic rings. The van der Waals surface area contributed by atoms with Gasteiger partial charge in [0.15, 0.2) is 11.5 Å². The fourth-order valence-corrected chi connectivity index (χ4v) is 4.98. The number of methoxy groups -OCH3 is 1. The predicted octanol–water partition coefficient (Wildman–Crippen LogP) is 6.22. The van der Waals surface area contributed by atoms with E-state index in [2.05, 4.69) is 15.9 Å². The Morgan fingerprint density at radius 1 is 1.10 bits per heavy atom. The third-order valence-electron chi connectivity index (χ3n) is 5.51. The highest BCUT2D eigenvalue weighted by atomic mass is 79.9. The van der Waals surface area contributed by atoms with Crippen LogP contribution < -0.4 is 14.2 Å². The van der Waals surface area contributed by atoms with Crippen LogP contribution in [0.4, 0.5) is 10.5 Å². The van der Waals surface area contributed by atoms with Crippen molar-refractivity contribution < 1.29 is 33.5 Å². The molecular weight excluding hydrogens is 592 g/mol. The molecule has 3 aromatic carbocycles. The van der Waals surface area contributed by atoms with Gasteiger partial charge in [-0.15, -0.1) is 0 Å². The van der Waals surface area contributed by atoms with Crippen LogP contribution in [0.25, 0.3) is 6.08 Å². The third-order valence-corrected chi connectivity index (χ3v) is 7.01. The number of rotatable bonds is 9. The molecule has 1 fully saturated rings. The summed E-state index contributed by atoms with van der Waals surface area (Å²) in [6.07, 6.45) is 1.54. The molecule has 1 aliphatic heterocycles. The standard InChI is InChI=1S/C27H21BrN2O8S/c1-3-37-22-13-17(12-21(28)24(22)38-26(32)18-6-10-20(36-2)11-7-18)14-23-25(31)29(27(33)39-23)15-16-4-8-19(9-5-16)30(34)35/h4-14H,3,15H2,1-2H3/b23-14-. The number of nitro benzene ring substituents is 1. The molecule has 2 amide bonds. The minimum Gasteiger partial charge on any atom is -0.497 e. The van der Waals surface area contributed by atoms with Gasteiger partial charge in [0.05, 0.1) is 40.1 Å². The van der Waals surface area contributed by atoms with E-state index in [9.17, 15) is 24.5 Å². The van der Waals surface area contributed by atoms with Gasteiger partial charge in [-0.25, -0.2) is 4.79 Å². The number of esters is 1. The number of halogens is 1. The van der Waals surface area contributed by atoms with Gasteiger partial charge in [-0.05, 0) is 88.2 Å². The van der Waals surface area contributed by atoms with Crippen molar-refractivity contribution in [2.45, 2.75) is 13.5 Å². The van der Waals surface area contributed by atoms with E-state index in [-0.39, 0.29) is 35.2 Å². The summed E-state index contributed by atoms with van der Waals surface area (Å²) in [6.45, 7) is 2.04. The summed E-state index contributed by atoms with van der Waals surface area (Å²) < 4.78 is 16.8. The minimum atomic E-state index is -0.598. The minimum absolute atomic E-state index is 0.0197. The molecule has 4 rings (SSSR count). The van der Waals surface area contributed by atoms with Gasteiger partial charge in [0.2, 0.25) is 0 Å². The number of carbonyl (C=O) groups excluding carboxylic acids is 3. The zero-order chi connectivity index (χ0) is 28.1. The van der Waals surface area contributed by atoms with E-state index < -0.39 is 22.0 Å². The lowest BCUT2D eigenvalue weighted by molar-refractivity contribution is -0.384. The molecule has 0 aromatic heterocycles. The number of carbonyl (C=O) groups is 3. The van der Waals surface area contributed by atoms with Crippen LogP contribution >= 0.6 is 27.7 Å². The SMILES string of the molecule is CCOc1cc(/C=C2\SC(=O)N(Cc3ccc([N+](=O)[O-])cc3)C2=O)cc(Br)c1OC(=O)c1ccc(OC)cc1. The zero-order valence-corrected chi connectivity index (χ0v) is 23.1. The first-order chi connectivity index (χ1) is 18.7. The summed E-state index contributed by atoms with van der Waals surface area (Å²) in [4.78, 5) is 49.9. The molecule has 0 unspecified atom stereocenters. The molecule has 1 aliphatic rings. The molecule has 1 saturated heterocycles. The number of hydrogen-bond donors (Lipinski definition) is 0. The first kappa shape index (κ1) is 27.9. The van der Waals surface area contributed by atoms with Crippen LogP contribution in [0, 0.1) is 10.1 Å². The number of ether oxygens (including phenoxy) is 3. The number of nitro groups is 1. The lowest BCUT2D eigenvalue weighted by Crippen LogP contribution is -2.27. The Morgan fingerprint density at radius 3 is 2.41 bits per heavy atom. The fourth-order valence-electron chi connectivity index (χ4n) is 3.61. The quantitative estimate of drug-likeness (QED) is 0.0909. The highest BCUT2D eigenvalue weighted by Crippen LogP contribution is 2.40. The van der Waals surface area contributed by atoms with Gasteiger partial charge in [0.25, 0.3) is 16.8 Å². The maximum atomic E-state index is 13.0. The summed E-state index contributed by atoms with van der Waals surface area (Å²) in [6, 6.07) is 15.3. The van der Waals surface area contributed by atoms with E-state index >= 15 is 0 Å². The Hall–Kier alpha value is -4.16. The predicted molar refractivity (Wildman–Crippen MR) is 148 cm³/mol. The molecule has 1 heterocycles. The van der Waals surface area contributed by atoms with Crippen molar-refractivity contribution in [3.05, 3.63) is 96.8 Å². The van der Waals surface area contributed by atoms with Crippen molar-refractivity contribution in [1.82, 2.24) is 4.90 Å². The first-order valence-electron chi connectivity index (χ1n) is 11.5. The topological polar surface area (TPSA) is 125 Å². The van der Waals surface area contributed by atoms with E-state index in [1.54, 1.807) is 49.4 Å². The van der Waals surface area contributed by atoms with Crippen LogP contribution in [0.3, 0.4) is 0 Å². The number of non-ortho nitro benzene ring substituents is 1. The lowest BCUT2D eigenvalue weighted by Gasteiger charge is -2.14. The van der Waals surface area contributed by atoms with Crippen molar-refractivity contribution in [2.24, 2.45) is 0 Å². The molecule has 200 valence electrons. The average molecular weight is 613 g/mol. The molecule has 0 bridgehead atoms. The molecule has 10 nitrogen and oxygen atoms in total. The van der Waals surface area contributed by atoms with E-state index in [4.69, 9.17) is 14.2 Å². The monoisotopic (exact) mass is 612 g/mol.